The molecule has 2 rings (SSSR count). The van der Waals surface area contributed by atoms with Crippen molar-refractivity contribution in [3.05, 3.63) is 65.5 Å². The van der Waals surface area contributed by atoms with E-state index in [-0.39, 0.29) is 29.7 Å². The molecule has 6 nitrogen and oxygen atoms in total. The number of halogens is 1. The van der Waals surface area contributed by atoms with E-state index in [2.05, 4.69) is 10.6 Å². The number of carbonyl (C=O) groups excluding carboxylic acids is 1. The van der Waals surface area contributed by atoms with Gasteiger partial charge in [-0.2, -0.15) is 0 Å². The van der Waals surface area contributed by atoms with E-state index >= 15 is 0 Å². The molecule has 0 aliphatic heterocycles. The second-order valence-corrected chi connectivity index (χ2v) is 7.05. The lowest BCUT2D eigenvalue weighted by Gasteiger charge is -2.08. The fourth-order valence-electron chi connectivity index (χ4n) is 2.21. The molecular weight excluding hydrogens is 345 g/mol. The van der Waals surface area contributed by atoms with E-state index in [1.165, 1.54) is 18.2 Å². The van der Waals surface area contributed by atoms with Crippen LogP contribution in [0.3, 0.4) is 0 Å². The van der Waals surface area contributed by atoms with Gasteiger partial charge in [0.1, 0.15) is 5.82 Å². The van der Waals surface area contributed by atoms with Crippen LogP contribution in [0.25, 0.3) is 0 Å². The van der Waals surface area contributed by atoms with E-state index in [4.69, 9.17) is 5.14 Å². The number of carbonyl (C=O) groups is 1. The fraction of sp³-hybridized carbons (Fsp3) is 0.235. The van der Waals surface area contributed by atoms with Crippen molar-refractivity contribution < 1.29 is 17.6 Å². The number of rotatable bonds is 8. The highest BCUT2D eigenvalue weighted by Crippen LogP contribution is 2.09. The largest absolute Gasteiger partial charge is 0.355 e. The molecule has 0 aliphatic rings. The number of primary sulfonamides is 1. The maximum Gasteiger partial charge on any atom is 0.238 e. The van der Waals surface area contributed by atoms with Crippen LogP contribution in [0.15, 0.2) is 53.4 Å². The van der Waals surface area contributed by atoms with Gasteiger partial charge in [-0.25, -0.2) is 17.9 Å². The SMILES string of the molecule is NS(=O)(=O)c1ccc(CCNC(=O)CNCc2ccccc2F)cc1. The molecule has 0 heterocycles. The predicted octanol–water partition coefficient (Wildman–Crippen LogP) is 0.922. The highest BCUT2D eigenvalue weighted by Gasteiger charge is 2.07. The molecule has 0 unspecified atom stereocenters. The minimum atomic E-state index is -3.69. The lowest BCUT2D eigenvalue weighted by atomic mass is 10.1. The molecule has 0 spiro atoms. The van der Waals surface area contributed by atoms with Crippen LogP contribution in [0.5, 0.6) is 0 Å². The van der Waals surface area contributed by atoms with E-state index in [1.807, 2.05) is 0 Å². The summed E-state index contributed by atoms with van der Waals surface area (Å²) in [4.78, 5) is 11.8. The zero-order valence-corrected chi connectivity index (χ0v) is 14.4. The third kappa shape index (κ3) is 6.26. The number of nitrogens with two attached hydrogens (primary N) is 1. The molecule has 0 saturated carbocycles. The lowest BCUT2D eigenvalue weighted by molar-refractivity contribution is -0.120. The molecule has 0 aliphatic carbocycles. The number of hydrogen-bond acceptors (Lipinski definition) is 4. The van der Waals surface area contributed by atoms with Gasteiger partial charge in [-0.15, -0.1) is 0 Å². The van der Waals surface area contributed by atoms with E-state index < -0.39 is 10.0 Å². The molecule has 0 saturated heterocycles. The summed E-state index contributed by atoms with van der Waals surface area (Å²) in [7, 11) is -3.69. The van der Waals surface area contributed by atoms with Crippen LogP contribution < -0.4 is 15.8 Å². The van der Waals surface area contributed by atoms with Gasteiger partial charge in [0.2, 0.25) is 15.9 Å². The van der Waals surface area contributed by atoms with Crippen molar-refractivity contribution in [3.8, 4) is 0 Å². The van der Waals surface area contributed by atoms with Gasteiger partial charge in [0.15, 0.2) is 0 Å². The summed E-state index contributed by atoms with van der Waals surface area (Å²) >= 11 is 0. The van der Waals surface area contributed by atoms with Gasteiger partial charge in [-0.05, 0) is 30.2 Å². The fourth-order valence-corrected chi connectivity index (χ4v) is 2.72. The van der Waals surface area contributed by atoms with Gasteiger partial charge in [0.25, 0.3) is 0 Å². The average molecular weight is 365 g/mol. The first-order valence-electron chi connectivity index (χ1n) is 7.69. The van der Waals surface area contributed by atoms with Crippen LogP contribution in [0.2, 0.25) is 0 Å². The Kier molecular flexibility index (Phi) is 6.63. The molecule has 2 aromatic rings. The Morgan fingerprint density at radius 2 is 1.76 bits per heavy atom. The Balaban J connectivity index is 1.69. The van der Waals surface area contributed by atoms with Crippen molar-refractivity contribution in [1.29, 1.82) is 0 Å². The topological polar surface area (TPSA) is 101 Å². The molecule has 0 radical (unpaired) electrons. The summed E-state index contributed by atoms with van der Waals surface area (Å²) in [5, 5.41) is 10.7. The highest BCUT2D eigenvalue weighted by atomic mass is 32.2. The van der Waals surface area contributed by atoms with Crippen molar-refractivity contribution in [2.75, 3.05) is 13.1 Å². The molecule has 0 atom stereocenters. The molecule has 4 N–H and O–H groups in total. The standard InChI is InChI=1S/C17H20FN3O3S/c18-16-4-2-1-3-14(16)11-20-12-17(22)21-10-9-13-5-7-15(8-6-13)25(19,23)24/h1-8,20H,9-12H2,(H,21,22)(H2,19,23,24). The van der Waals surface area contributed by atoms with Crippen molar-refractivity contribution in [1.82, 2.24) is 10.6 Å². The molecule has 8 heteroatoms. The van der Waals surface area contributed by atoms with Gasteiger partial charge in [0.05, 0.1) is 11.4 Å². The molecule has 0 aromatic heterocycles. The van der Waals surface area contributed by atoms with E-state index in [0.717, 1.165) is 5.56 Å². The smallest absolute Gasteiger partial charge is 0.238 e. The maximum atomic E-state index is 13.4. The normalized spacial score (nSPS) is 11.3. The van der Waals surface area contributed by atoms with Gasteiger partial charge in [-0.1, -0.05) is 30.3 Å². The Labute approximate surface area is 146 Å². The molecule has 1 amide bonds. The zero-order valence-electron chi connectivity index (χ0n) is 13.5. The molecule has 0 fully saturated rings. The number of amides is 1. The third-order valence-electron chi connectivity index (χ3n) is 3.55. The van der Waals surface area contributed by atoms with Crippen LogP contribution in [-0.2, 0) is 27.8 Å². The summed E-state index contributed by atoms with van der Waals surface area (Å²) in [6.45, 7) is 0.767. The number of hydrogen-bond donors (Lipinski definition) is 3. The molecule has 25 heavy (non-hydrogen) atoms. The van der Waals surface area contributed by atoms with Crippen LogP contribution in [0, 0.1) is 5.82 Å². The molecule has 2 aromatic carbocycles. The van der Waals surface area contributed by atoms with Gasteiger partial charge in [-0.3, -0.25) is 4.79 Å². The van der Waals surface area contributed by atoms with Gasteiger partial charge >= 0.3 is 0 Å². The summed E-state index contributed by atoms with van der Waals surface area (Å²) < 4.78 is 35.7. The van der Waals surface area contributed by atoms with Crippen LogP contribution in [0.1, 0.15) is 11.1 Å². The summed E-state index contributed by atoms with van der Waals surface area (Å²) in [6, 6.07) is 12.6. The Bertz CT molecular complexity index is 823. The van der Waals surface area contributed by atoms with E-state index in [9.17, 15) is 17.6 Å². The quantitative estimate of drug-likeness (QED) is 0.647. The zero-order chi connectivity index (χ0) is 18.3. The highest BCUT2D eigenvalue weighted by molar-refractivity contribution is 7.89. The van der Waals surface area contributed by atoms with Crippen molar-refractivity contribution in [3.63, 3.8) is 0 Å². The monoisotopic (exact) mass is 365 g/mol. The maximum absolute atomic E-state index is 13.4. The third-order valence-corrected chi connectivity index (χ3v) is 4.48. The first kappa shape index (κ1) is 19.0. The van der Waals surface area contributed by atoms with E-state index in [1.54, 1.807) is 30.3 Å². The minimum absolute atomic E-state index is 0.0534. The van der Waals surface area contributed by atoms with Crippen LogP contribution in [0.4, 0.5) is 4.39 Å². The summed E-state index contributed by atoms with van der Waals surface area (Å²) in [6.07, 6.45) is 0.559. The molecular formula is C17H20FN3O3S. The average Bonchev–Trinajstić information content (AvgIpc) is 2.56. The van der Waals surface area contributed by atoms with Crippen molar-refractivity contribution >= 4 is 15.9 Å². The first-order valence-corrected chi connectivity index (χ1v) is 9.23. The Hall–Kier alpha value is -2.29. The van der Waals surface area contributed by atoms with Crippen molar-refractivity contribution in [2.45, 2.75) is 17.9 Å². The van der Waals surface area contributed by atoms with Crippen LogP contribution in [-0.4, -0.2) is 27.4 Å². The lowest BCUT2D eigenvalue weighted by Crippen LogP contribution is -2.34. The number of nitrogens with one attached hydrogen (secondary N) is 2. The predicted molar refractivity (Wildman–Crippen MR) is 92.6 cm³/mol. The second-order valence-electron chi connectivity index (χ2n) is 5.48. The minimum Gasteiger partial charge on any atom is -0.355 e. The number of sulfonamides is 1. The van der Waals surface area contributed by atoms with Crippen molar-refractivity contribution in [2.24, 2.45) is 5.14 Å². The second kappa shape index (κ2) is 8.70. The van der Waals surface area contributed by atoms with Gasteiger partial charge in [0, 0.05) is 18.7 Å². The summed E-state index contributed by atoms with van der Waals surface area (Å²) in [5.74, 6) is -0.504. The first-order chi connectivity index (χ1) is 11.9. The van der Waals surface area contributed by atoms with Gasteiger partial charge < -0.3 is 10.6 Å². The van der Waals surface area contributed by atoms with E-state index in [0.29, 0.717) is 18.5 Å². The Morgan fingerprint density at radius 1 is 1.08 bits per heavy atom. The Morgan fingerprint density at radius 3 is 2.40 bits per heavy atom. The number of benzene rings is 2. The molecule has 134 valence electrons. The molecule has 0 bridgehead atoms. The van der Waals surface area contributed by atoms with Crippen LogP contribution >= 0.6 is 0 Å². The summed E-state index contributed by atoms with van der Waals surface area (Å²) in [5.41, 5.74) is 1.39.